The normalized spacial score (nSPS) is 17.6. The third-order valence-corrected chi connectivity index (χ3v) is 3.79. The van der Waals surface area contributed by atoms with Gasteiger partial charge in [-0.25, -0.2) is 4.99 Å². The summed E-state index contributed by atoms with van der Waals surface area (Å²) in [6, 6.07) is 8.76. The molecule has 1 aromatic rings. The molecule has 1 aliphatic carbocycles. The van der Waals surface area contributed by atoms with Crippen LogP contribution in [0.25, 0.3) is 0 Å². The highest BCUT2D eigenvalue weighted by molar-refractivity contribution is 5.99. The molecule has 2 aliphatic rings. The molecule has 1 amide bonds. The summed E-state index contributed by atoms with van der Waals surface area (Å²) in [6.45, 7) is 3.94. The Kier molecular flexibility index (Phi) is 4.08. The van der Waals surface area contributed by atoms with Gasteiger partial charge in [0.25, 0.3) is 0 Å². The molecule has 0 spiro atoms. The van der Waals surface area contributed by atoms with Gasteiger partial charge >= 0.3 is 0 Å². The molecule has 3 rings (SSSR count). The Morgan fingerprint density at radius 3 is 2.95 bits per heavy atom. The van der Waals surface area contributed by atoms with E-state index in [9.17, 15) is 4.79 Å². The molecule has 0 radical (unpaired) electrons. The Labute approximate surface area is 125 Å². The van der Waals surface area contributed by atoms with Gasteiger partial charge in [-0.05, 0) is 37.8 Å². The standard InChI is InChI=1S/C16H22N4O/c1-2-17-16(18-11-15(21)19-13-7-8-13)20-10-9-12-5-3-4-6-14(12)20/h3-6,13H,2,7-11H2,1H3,(H,17,18)(H,19,21). The Balaban J connectivity index is 1.70. The molecular weight excluding hydrogens is 264 g/mol. The lowest BCUT2D eigenvalue weighted by Gasteiger charge is -2.22. The predicted molar refractivity (Wildman–Crippen MR) is 84.6 cm³/mol. The first-order valence-corrected chi connectivity index (χ1v) is 7.71. The first-order valence-electron chi connectivity index (χ1n) is 7.71. The van der Waals surface area contributed by atoms with Crippen LogP contribution in [-0.4, -0.2) is 37.5 Å². The van der Waals surface area contributed by atoms with Gasteiger partial charge in [-0.15, -0.1) is 0 Å². The largest absolute Gasteiger partial charge is 0.356 e. The van der Waals surface area contributed by atoms with Crippen molar-refractivity contribution in [1.82, 2.24) is 10.6 Å². The maximum absolute atomic E-state index is 11.8. The summed E-state index contributed by atoms with van der Waals surface area (Å²) >= 11 is 0. The van der Waals surface area contributed by atoms with E-state index in [0.717, 1.165) is 38.3 Å². The van der Waals surface area contributed by atoms with Crippen LogP contribution >= 0.6 is 0 Å². The van der Waals surface area contributed by atoms with Gasteiger partial charge in [-0.2, -0.15) is 0 Å². The summed E-state index contributed by atoms with van der Waals surface area (Å²) in [7, 11) is 0. The van der Waals surface area contributed by atoms with E-state index in [2.05, 4.69) is 38.7 Å². The van der Waals surface area contributed by atoms with E-state index in [4.69, 9.17) is 0 Å². The molecule has 0 bridgehead atoms. The number of anilines is 1. The van der Waals surface area contributed by atoms with E-state index in [1.165, 1.54) is 11.3 Å². The van der Waals surface area contributed by atoms with Crippen molar-refractivity contribution in [1.29, 1.82) is 0 Å². The summed E-state index contributed by atoms with van der Waals surface area (Å²) in [5.74, 6) is 0.814. The first kappa shape index (κ1) is 13.9. The Hall–Kier alpha value is -2.04. The molecule has 21 heavy (non-hydrogen) atoms. The minimum Gasteiger partial charge on any atom is -0.356 e. The van der Waals surface area contributed by atoms with Crippen molar-refractivity contribution in [3.8, 4) is 0 Å². The SMILES string of the molecule is CCNC(=NCC(=O)NC1CC1)N1CCc2ccccc21. The molecular formula is C16H22N4O. The third-order valence-electron chi connectivity index (χ3n) is 3.79. The maximum atomic E-state index is 11.8. The second-order valence-corrected chi connectivity index (χ2v) is 5.54. The average Bonchev–Trinajstić information content (AvgIpc) is 3.20. The minimum atomic E-state index is 0.0142. The van der Waals surface area contributed by atoms with Gasteiger partial charge in [-0.3, -0.25) is 4.79 Å². The minimum absolute atomic E-state index is 0.0142. The number of para-hydroxylation sites is 1. The first-order chi connectivity index (χ1) is 10.3. The van der Waals surface area contributed by atoms with Gasteiger partial charge in [0, 0.05) is 24.8 Å². The van der Waals surface area contributed by atoms with Crippen LogP contribution in [0.2, 0.25) is 0 Å². The third kappa shape index (κ3) is 3.35. The molecule has 0 aromatic heterocycles. The molecule has 1 aromatic carbocycles. The Morgan fingerprint density at radius 2 is 2.19 bits per heavy atom. The number of nitrogens with one attached hydrogen (secondary N) is 2. The number of nitrogens with zero attached hydrogens (tertiary/aromatic N) is 2. The van der Waals surface area contributed by atoms with Crippen molar-refractivity contribution in [2.45, 2.75) is 32.2 Å². The zero-order valence-electron chi connectivity index (χ0n) is 12.4. The molecule has 2 N–H and O–H groups in total. The highest BCUT2D eigenvalue weighted by Crippen LogP contribution is 2.27. The van der Waals surface area contributed by atoms with Crippen LogP contribution in [-0.2, 0) is 11.2 Å². The Bertz CT molecular complexity index is 551. The van der Waals surface area contributed by atoms with Crippen molar-refractivity contribution in [3.05, 3.63) is 29.8 Å². The van der Waals surface area contributed by atoms with E-state index in [1.807, 2.05) is 13.0 Å². The van der Waals surface area contributed by atoms with E-state index in [0.29, 0.717) is 6.04 Å². The van der Waals surface area contributed by atoms with E-state index >= 15 is 0 Å². The van der Waals surface area contributed by atoms with Gasteiger partial charge in [0.1, 0.15) is 6.54 Å². The fourth-order valence-electron chi connectivity index (χ4n) is 2.60. The van der Waals surface area contributed by atoms with Crippen LogP contribution < -0.4 is 15.5 Å². The number of hydrogen-bond acceptors (Lipinski definition) is 2. The van der Waals surface area contributed by atoms with Crippen molar-refractivity contribution in [2.24, 2.45) is 4.99 Å². The number of benzene rings is 1. The number of guanidine groups is 1. The van der Waals surface area contributed by atoms with Crippen LogP contribution in [0.15, 0.2) is 29.3 Å². The highest BCUT2D eigenvalue weighted by Gasteiger charge is 2.24. The topological polar surface area (TPSA) is 56.7 Å². The number of hydrogen-bond donors (Lipinski definition) is 2. The molecule has 112 valence electrons. The van der Waals surface area contributed by atoms with Gasteiger partial charge < -0.3 is 15.5 Å². The molecule has 1 saturated carbocycles. The van der Waals surface area contributed by atoms with Crippen molar-refractivity contribution >= 4 is 17.6 Å². The quantitative estimate of drug-likeness (QED) is 0.648. The van der Waals surface area contributed by atoms with E-state index < -0.39 is 0 Å². The van der Waals surface area contributed by atoms with Crippen LogP contribution in [0.3, 0.4) is 0 Å². The molecule has 1 heterocycles. The summed E-state index contributed by atoms with van der Waals surface area (Å²) < 4.78 is 0. The summed E-state index contributed by atoms with van der Waals surface area (Å²) in [6.07, 6.45) is 3.24. The van der Waals surface area contributed by atoms with Crippen LogP contribution in [0.5, 0.6) is 0 Å². The Morgan fingerprint density at radius 1 is 1.38 bits per heavy atom. The smallest absolute Gasteiger partial charge is 0.242 e. The summed E-state index contributed by atoms with van der Waals surface area (Å²) in [4.78, 5) is 18.5. The van der Waals surface area contributed by atoms with Crippen molar-refractivity contribution < 1.29 is 4.79 Å². The molecule has 0 unspecified atom stereocenters. The van der Waals surface area contributed by atoms with Crippen LogP contribution in [0.1, 0.15) is 25.3 Å². The second kappa shape index (κ2) is 6.16. The molecule has 1 fully saturated rings. The lowest BCUT2D eigenvalue weighted by atomic mass is 10.2. The fourth-order valence-corrected chi connectivity index (χ4v) is 2.60. The lowest BCUT2D eigenvalue weighted by Crippen LogP contribution is -2.41. The molecule has 0 atom stereocenters. The fraction of sp³-hybridized carbons (Fsp3) is 0.500. The number of aliphatic imine (C=N–C) groups is 1. The number of carbonyl (C=O) groups is 1. The second-order valence-electron chi connectivity index (χ2n) is 5.54. The number of carbonyl (C=O) groups excluding carboxylic acids is 1. The van der Waals surface area contributed by atoms with Gasteiger partial charge in [0.05, 0.1) is 0 Å². The van der Waals surface area contributed by atoms with Crippen molar-refractivity contribution in [3.63, 3.8) is 0 Å². The van der Waals surface area contributed by atoms with E-state index in [1.54, 1.807) is 0 Å². The zero-order valence-corrected chi connectivity index (χ0v) is 12.4. The zero-order chi connectivity index (χ0) is 14.7. The molecule has 5 nitrogen and oxygen atoms in total. The highest BCUT2D eigenvalue weighted by atomic mass is 16.2. The maximum Gasteiger partial charge on any atom is 0.242 e. The van der Waals surface area contributed by atoms with Crippen LogP contribution in [0.4, 0.5) is 5.69 Å². The molecule has 0 saturated heterocycles. The number of fused-ring (bicyclic) bond motifs is 1. The lowest BCUT2D eigenvalue weighted by molar-refractivity contribution is -0.119. The van der Waals surface area contributed by atoms with E-state index in [-0.39, 0.29) is 12.5 Å². The predicted octanol–water partition coefficient (Wildman–Crippen LogP) is 1.29. The monoisotopic (exact) mass is 286 g/mol. The molecule has 1 aliphatic heterocycles. The average molecular weight is 286 g/mol. The summed E-state index contributed by atoms with van der Waals surface area (Å²) in [5, 5.41) is 6.25. The van der Waals surface area contributed by atoms with Crippen LogP contribution in [0, 0.1) is 0 Å². The number of rotatable bonds is 4. The van der Waals surface area contributed by atoms with Gasteiger partial charge in [0.2, 0.25) is 5.91 Å². The van der Waals surface area contributed by atoms with Gasteiger partial charge in [0.15, 0.2) is 5.96 Å². The van der Waals surface area contributed by atoms with Gasteiger partial charge in [-0.1, -0.05) is 18.2 Å². The summed E-state index contributed by atoms with van der Waals surface area (Å²) in [5.41, 5.74) is 2.53. The molecule has 5 heteroatoms. The number of amides is 1. The van der Waals surface area contributed by atoms with Crippen molar-refractivity contribution in [2.75, 3.05) is 24.5 Å².